The summed E-state index contributed by atoms with van der Waals surface area (Å²) in [5, 5.41) is 12.7. The number of thiophene rings is 1. The van der Waals surface area contributed by atoms with E-state index >= 15 is 0 Å². The lowest BCUT2D eigenvalue weighted by molar-refractivity contribution is 0.366. The van der Waals surface area contributed by atoms with Crippen molar-refractivity contribution < 1.29 is 8.42 Å². The number of rotatable bonds is 13. The largest absolute Gasteiger partial charge is 0.353 e. The van der Waals surface area contributed by atoms with Gasteiger partial charge in [-0.1, -0.05) is 62.1 Å². The average Bonchev–Trinajstić information content (AvgIpc) is 3.33. The molecular formula is C28H34ClN3O2S2. The van der Waals surface area contributed by atoms with Gasteiger partial charge in [0.2, 0.25) is 0 Å². The first-order valence-corrected chi connectivity index (χ1v) is 15.2. The fourth-order valence-electron chi connectivity index (χ4n) is 3.79. The van der Waals surface area contributed by atoms with Gasteiger partial charge in [-0.25, -0.2) is 8.42 Å². The van der Waals surface area contributed by atoms with Crippen LogP contribution in [-0.4, -0.2) is 45.4 Å². The molecule has 0 atom stereocenters. The molecule has 0 radical (unpaired) electrons. The van der Waals surface area contributed by atoms with Crippen molar-refractivity contribution in [1.29, 1.82) is 5.41 Å². The molecule has 0 aliphatic heterocycles. The highest BCUT2D eigenvalue weighted by Crippen LogP contribution is 2.34. The number of nitrogens with one attached hydrogen (secondary N) is 2. The molecule has 0 aliphatic rings. The number of para-hydroxylation sites is 1. The molecular weight excluding hydrogens is 510 g/mol. The Hall–Kier alpha value is -2.45. The first-order valence-electron chi connectivity index (χ1n) is 12.1. The Balaban J connectivity index is 1.86. The predicted molar refractivity (Wildman–Crippen MR) is 155 cm³/mol. The topological polar surface area (TPSA) is 73.3 Å². The van der Waals surface area contributed by atoms with Crippen molar-refractivity contribution in [1.82, 2.24) is 4.90 Å². The van der Waals surface area contributed by atoms with Gasteiger partial charge in [0.15, 0.2) is 9.84 Å². The van der Waals surface area contributed by atoms with Crippen LogP contribution in [0.5, 0.6) is 0 Å². The summed E-state index contributed by atoms with van der Waals surface area (Å²) < 4.78 is 24.0. The van der Waals surface area contributed by atoms with Gasteiger partial charge in [-0.3, -0.25) is 0 Å². The lowest BCUT2D eigenvalue weighted by Crippen LogP contribution is -2.26. The molecule has 1 heterocycles. The lowest BCUT2D eigenvalue weighted by atomic mass is 10.2. The molecule has 0 spiro atoms. The number of unbranched alkanes of at least 4 members (excludes halogenated alkanes) is 3. The molecule has 1 aromatic heterocycles. The molecule has 0 unspecified atom stereocenters. The van der Waals surface area contributed by atoms with Crippen LogP contribution in [0.3, 0.4) is 0 Å². The molecule has 5 nitrogen and oxygen atoms in total. The third kappa shape index (κ3) is 8.30. The first kappa shape index (κ1) is 28.1. The number of halogens is 1. The van der Waals surface area contributed by atoms with Crippen molar-refractivity contribution in [3.8, 4) is 10.4 Å². The van der Waals surface area contributed by atoms with Gasteiger partial charge in [0.05, 0.1) is 26.2 Å². The van der Waals surface area contributed by atoms with Gasteiger partial charge >= 0.3 is 0 Å². The maximum Gasteiger partial charge on any atom is 0.175 e. The number of anilines is 1. The zero-order valence-corrected chi connectivity index (χ0v) is 23.4. The number of sulfone groups is 1. The minimum absolute atomic E-state index is 0.295. The van der Waals surface area contributed by atoms with Crippen molar-refractivity contribution in [2.45, 2.75) is 37.5 Å². The third-order valence-corrected chi connectivity index (χ3v) is 8.32. The monoisotopic (exact) mass is 543 g/mol. The van der Waals surface area contributed by atoms with E-state index in [9.17, 15) is 8.42 Å². The van der Waals surface area contributed by atoms with E-state index in [2.05, 4.69) is 17.1 Å². The Morgan fingerprint density at radius 3 is 2.58 bits per heavy atom. The molecule has 0 amide bonds. The number of nitrogens with zero attached hydrogens (tertiary/aromatic N) is 1. The Morgan fingerprint density at radius 2 is 1.86 bits per heavy atom. The number of hydrogen-bond donors (Lipinski definition) is 2. The van der Waals surface area contributed by atoms with Gasteiger partial charge in [0, 0.05) is 23.4 Å². The van der Waals surface area contributed by atoms with E-state index < -0.39 is 9.84 Å². The molecule has 3 rings (SSSR count). The summed E-state index contributed by atoms with van der Waals surface area (Å²) in [5.74, 6) is 0. The van der Waals surface area contributed by atoms with Crippen LogP contribution in [0, 0.1) is 5.41 Å². The standard InChI is InChI=1S/C28H34ClN3O2S2/c1-4-5-6-9-17-32(2)20-22(30)19-26(31-25-14-8-7-13-24(25)29)28-16-15-27(35-28)21-11-10-12-23(18-21)36(3,33)34/h7-8,10-16,18-19,30-31H,4-6,9,17,20H2,1-3H3/b26-19-,30-22?. The van der Waals surface area contributed by atoms with Gasteiger partial charge in [0.25, 0.3) is 0 Å². The molecule has 36 heavy (non-hydrogen) atoms. The van der Waals surface area contributed by atoms with Crippen LogP contribution in [0.2, 0.25) is 5.02 Å². The molecule has 3 aromatic rings. The van der Waals surface area contributed by atoms with Gasteiger partial charge in [-0.2, -0.15) is 0 Å². The molecule has 0 saturated carbocycles. The SMILES string of the molecule is CCCCCCN(C)CC(=N)/C=C(\Nc1ccccc1Cl)c1ccc(-c2cccc(S(C)(=O)=O)c2)s1. The fourth-order valence-corrected chi connectivity index (χ4v) is 5.62. The lowest BCUT2D eigenvalue weighted by Gasteiger charge is -2.17. The van der Waals surface area contributed by atoms with Crippen molar-refractivity contribution in [3.05, 3.63) is 76.6 Å². The quantitative estimate of drug-likeness (QED) is 0.173. The average molecular weight is 544 g/mol. The van der Waals surface area contributed by atoms with E-state index in [1.54, 1.807) is 18.2 Å². The van der Waals surface area contributed by atoms with Gasteiger partial charge in [-0.15, -0.1) is 11.3 Å². The van der Waals surface area contributed by atoms with E-state index in [1.807, 2.05) is 55.6 Å². The summed E-state index contributed by atoms with van der Waals surface area (Å²) >= 11 is 7.96. The van der Waals surface area contributed by atoms with Crippen LogP contribution >= 0.6 is 22.9 Å². The second kappa shape index (κ2) is 13.2. The number of hydrogen-bond acceptors (Lipinski definition) is 6. The molecule has 0 saturated heterocycles. The van der Waals surface area contributed by atoms with Crippen molar-refractivity contribution >= 4 is 49.9 Å². The Bertz CT molecular complexity index is 1320. The maximum absolute atomic E-state index is 12.0. The van der Waals surface area contributed by atoms with Gasteiger partial charge in [0.1, 0.15) is 0 Å². The second-order valence-electron chi connectivity index (χ2n) is 8.95. The summed E-state index contributed by atoms with van der Waals surface area (Å²) in [6.07, 6.45) is 7.86. The zero-order valence-electron chi connectivity index (χ0n) is 21.1. The second-order valence-corrected chi connectivity index (χ2v) is 12.5. The Labute approximate surface area is 224 Å². The van der Waals surface area contributed by atoms with Crippen LogP contribution in [0.1, 0.15) is 37.5 Å². The minimum Gasteiger partial charge on any atom is -0.353 e. The molecule has 2 N–H and O–H groups in total. The van der Waals surface area contributed by atoms with Crippen molar-refractivity contribution in [2.75, 3.05) is 31.7 Å². The Morgan fingerprint density at radius 1 is 1.08 bits per heavy atom. The molecule has 0 aliphatic carbocycles. The summed E-state index contributed by atoms with van der Waals surface area (Å²) in [6, 6.07) is 18.5. The summed E-state index contributed by atoms with van der Waals surface area (Å²) in [7, 11) is -1.24. The van der Waals surface area contributed by atoms with Gasteiger partial charge in [-0.05, 0) is 68.1 Å². The minimum atomic E-state index is -3.29. The van der Waals surface area contributed by atoms with E-state index in [0.29, 0.717) is 22.2 Å². The summed E-state index contributed by atoms with van der Waals surface area (Å²) in [6.45, 7) is 3.72. The van der Waals surface area contributed by atoms with E-state index in [-0.39, 0.29) is 0 Å². The van der Waals surface area contributed by atoms with E-state index in [4.69, 9.17) is 17.0 Å². The zero-order chi connectivity index (χ0) is 26.1. The molecule has 0 bridgehead atoms. The van der Waals surface area contributed by atoms with E-state index in [0.717, 1.165) is 39.7 Å². The maximum atomic E-state index is 12.0. The van der Waals surface area contributed by atoms with Gasteiger partial charge < -0.3 is 15.6 Å². The highest BCUT2D eigenvalue weighted by Gasteiger charge is 2.13. The van der Waals surface area contributed by atoms with Crippen molar-refractivity contribution in [2.24, 2.45) is 0 Å². The van der Waals surface area contributed by atoms with Crippen LogP contribution in [0.4, 0.5) is 5.69 Å². The van der Waals surface area contributed by atoms with Crippen LogP contribution < -0.4 is 5.32 Å². The fraction of sp³-hybridized carbons (Fsp3) is 0.321. The number of benzene rings is 2. The molecule has 8 heteroatoms. The Kier molecular flexibility index (Phi) is 10.3. The molecule has 2 aromatic carbocycles. The highest BCUT2D eigenvalue weighted by atomic mass is 35.5. The molecule has 0 fully saturated rings. The predicted octanol–water partition coefficient (Wildman–Crippen LogP) is 7.46. The van der Waals surface area contributed by atoms with E-state index in [1.165, 1.54) is 36.9 Å². The summed E-state index contributed by atoms with van der Waals surface area (Å²) in [5.41, 5.74) is 2.88. The normalized spacial score (nSPS) is 12.2. The highest BCUT2D eigenvalue weighted by molar-refractivity contribution is 7.90. The van der Waals surface area contributed by atoms with Crippen LogP contribution in [0.15, 0.2) is 71.6 Å². The smallest absolute Gasteiger partial charge is 0.175 e. The molecule has 192 valence electrons. The van der Waals surface area contributed by atoms with Crippen molar-refractivity contribution in [3.63, 3.8) is 0 Å². The van der Waals surface area contributed by atoms with Crippen LogP contribution in [0.25, 0.3) is 16.1 Å². The van der Waals surface area contributed by atoms with Crippen LogP contribution in [-0.2, 0) is 9.84 Å². The first-order chi connectivity index (χ1) is 17.2. The summed E-state index contributed by atoms with van der Waals surface area (Å²) in [4.78, 5) is 4.36. The third-order valence-electron chi connectivity index (χ3n) is 5.71.